The minimum atomic E-state index is -0.579. The molecule has 0 radical (unpaired) electrons. The van der Waals surface area contributed by atoms with E-state index in [1.54, 1.807) is 60.6 Å². The number of hydrogen-bond acceptors (Lipinski definition) is 6. The molecule has 3 aromatic rings. The molecule has 0 atom stereocenters. The lowest BCUT2D eigenvalue weighted by Crippen LogP contribution is -2.49. The second-order valence-corrected chi connectivity index (χ2v) is 7.04. The first-order valence-electron chi connectivity index (χ1n) is 8.53. The molecule has 0 aliphatic carbocycles. The molecule has 1 aliphatic heterocycles. The molecule has 8 heteroatoms. The molecule has 0 unspecified atom stereocenters. The minimum absolute atomic E-state index is 0.107. The van der Waals surface area contributed by atoms with Gasteiger partial charge in [0.25, 0.3) is 5.56 Å². The Morgan fingerprint density at radius 2 is 1.96 bits per heavy atom. The van der Waals surface area contributed by atoms with Crippen molar-refractivity contribution in [2.24, 2.45) is 12.1 Å². The van der Waals surface area contributed by atoms with Crippen LogP contribution >= 0.6 is 0 Å². The van der Waals surface area contributed by atoms with Gasteiger partial charge in [0.1, 0.15) is 11.5 Å². The van der Waals surface area contributed by atoms with Crippen LogP contribution in [-0.2, 0) is 7.05 Å². The van der Waals surface area contributed by atoms with Gasteiger partial charge in [-0.25, -0.2) is 15.0 Å². The monoisotopic (exact) mass is 366 g/mol. The van der Waals surface area contributed by atoms with Gasteiger partial charge >= 0.3 is 0 Å². The third-order valence-corrected chi connectivity index (χ3v) is 4.70. The van der Waals surface area contributed by atoms with Gasteiger partial charge in [0.15, 0.2) is 0 Å². The van der Waals surface area contributed by atoms with Crippen LogP contribution in [0.25, 0.3) is 10.9 Å². The number of nitrogens with zero attached hydrogens (tertiary/aromatic N) is 6. The highest BCUT2D eigenvalue weighted by Crippen LogP contribution is 2.34. The van der Waals surface area contributed by atoms with Crippen LogP contribution in [0.15, 0.2) is 46.4 Å². The first kappa shape index (κ1) is 17.1. The third-order valence-electron chi connectivity index (χ3n) is 4.70. The van der Waals surface area contributed by atoms with Crippen molar-refractivity contribution in [1.29, 1.82) is 0 Å². The fourth-order valence-electron chi connectivity index (χ4n) is 3.17. The van der Waals surface area contributed by atoms with Crippen LogP contribution in [0, 0.1) is 12.9 Å². The standard InChI is InChI=1S/C19H19FN6O/c1-12-23-15-10-13(7-8-14(15)18(27)24(12)4)26-22-11-19(2,3)25(26)16-6-5-9-21-17(16)20/h5-11H,1-4H3. The zero-order valence-electron chi connectivity index (χ0n) is 15.5. The van der Waals surface area contributed by atoms with Crippen LogP contribution < -0.4 is 15.7 Å². The van der Waals surface area contributed by atoms with E-state index >= 15 is 0 Å². The predicted molar refractivity (Wildman–Crippen MR) is 103 cm³/mol. The van der Waals surface area contributed by atoms with E-state index in [4.69, 9.17) is 0 Å². The zero-order valence-corrected chi connectivity index (χ0v) is 15.5. The Hall–Kier alpha value is -3.29. The average Bonchev–Trinajstić information content (AvgIpc) is 2.95. The summed E-state index contributed by atoms with van der Waals surface area (Å²) in [7, 11) is 1.69. The highest BCUT2D eigenvalue weighted by molar-refractivity contribution is 5.86. The molecule has 3 heterocycles. The van der Waals surface area contributed by atoms with E-state index in [1.165, 1.54) is 10.8 Å². The summed E-state index contributed by atoms with van der Waals surface area (Å²) < 4.78 is 15.9. The summed E-state index contributed by atoms with van der Waals surface area (Å²) in [6.45, 7) is 5.65. The lowest BCUT2D eigenvalue weighted by atomic mass is 10.1. The SMILES string of the molecule is Cc1nc2cc(N3N=CC(C)(C)N3c3cccnc3F)ccc2c(=O)n1C. The minimum Gasteiger partial charge on any atom is -0.299 e. The molecule has 138 valence electrons. The molecule has 0 fully saturated rings. The highest BCUT2D eigenvalue weighted by Gasteiger charge is 2.38. The number of benzene rings is 1. The van der Waals surface area contributed by atoms with E-state index in [0.717, 1.165) is 0 Å². The molecule has 2 aromatic heterocycles. The van der Waals surface area contributed by atoms with Gasteiger partial charge < -0.3 is 0 Å². The predicted octanol–water partition coefficient (Wildman–Crippen LogP) is 2.78. The topological polar surface area (TPSA) is 66.6 Å². The Morgan fingerprint density at radius 1 is 1.19 bits per heavy atom. The summed E-state index contributed by atoms with van der Waals surface area (Å²) in [5.41, 5.74) is 0.889. The summed E-state index contributed by atoms with van der Waals surface area (Å²) in [5.74, 6) is 0.0368. The Kier molecular flexibility index (Phi) is 3.73. The lowest BCUT2D eigenvalue weighted by Gasteiger charge is -2.37. The Balaban J connectivity index is 1.87. The van der Waals surface area contributed by atoms with Crippen molar-refractivity contribution in [2.45, 2.75) is 26.3 Å². The van der Waals surface area contributed by atoms with E-state index in [0.29, 0.717) is 28.1 Å². The average molecular weight is 366 g/mol. The molecule has 0 saturated carbocycles. The molecule has 0 spiro atoms. The molecule has 0 amide bonds. The summed E-state index contributed by atoms with van der Waals surface area (Å²) in [6.07, 6.45) is 3.15. The molecular formula is C19H19FN6O. The molecule has 4 rings (SSSR count). The van der Waals surface area contributed by atoms with Gasteiger partial charge in [-0.15, -0.1) is 0 Å². The smallest absolute Gasteiger partial charge is 0.261 e. The highest BCUT2D eigenvalue weighted by atomic mass is 19.1. The van der Waals surface area contributed by atoms with Crippen molar-refractivity contribution >= 4 is 28.5 Å². The number of fused-ring (bicyclic) bond motifs is 1. The van der Waals surface area contributed by atoms with Gasteiger partial charge in [0.05, 0.1) is 28.3 Å². The van der Waals surface area contributed by atoms with Crippen LogP contribution in [-0.4, -0.2) is 26.3 Å². The van der Waals surface area contributed by atoms with E-state index in [2.05, 4.69) is 15.1 Å². The van der Waals surface area contributed by atoms with Crippen molar-refractivity contribution in [3.63, 3.8) is 0 Å². The number of rotatable bonds is 2. The van der Waals surface area contributed by atoms with Crippen molar-refractivity contribution < 1.29 is 4.39 Å². The van der Waals surface area contributed by atoms with Crippen molar-refractivity contribution in [1.82, 2.24) is 14.5 Å². The van der Waals surface area contributed by atoms with E-state index < -0.39 is 11.5 Å². The fraction of sp³-hybridized carbons (Fsp3) is 0.263. The molecule has 27 heavy (non-hydrogen) atoms. The normalized spacial score (nSPS) is 15.7. The summed E-state index contributed by atoms with van der Waals surface area (Å²) in [6, 6.07) is 8.62. The van der Waals surface area contributed by atoms with E-state index in [1.807, 2.05) is 13.8 Å². The maximum Gasteiger partial charge on any atom is 0.261 e. The lowest BCUT2D eigenvalue weighted by molar-refractivity contribution is 0.549. The van der Waals surface area contributed by atoms with Gasteiger partial charge in [-0.3, -0.25) is 9.36 Å². The molecule has 7 nitrogen and oxygen atoms in total. The van der Waals surface area contributed by atoms with Crippen molar-refractivity contribution in [3.05, 3.63) is 58.7 Å². The van der Waals surface area contributed by atoms with Crippen molar-refractivity contribution in [3.8, 4) is 0 Å². The van der Waals surface area contributed by atoms with E-state index in [-0.39, 0.29) is 5.56 Å². The summed E-state index contributed by atoms with van der Waals surface area (Å²) >= 11 is 0. The number of halogens is 1. The Bertz CT molecular complexity index is 1140. The molecule has 0 N–H and O–H groups in total. The largest absolute Gasteiger partial charge is 0.299 e. The fourth-order valence-corrected chi connectivity index (χ4v) is 3.17. The third kappa shape index (κ3) is 2.64. The number of hydrogen-bond donors (Lipinski definition) is 0. The van der Waals surface area contributed by atoms with Gasteiger partial charge in [-0.05, 0) is 51.1 Å². The van der Waals surface area contributed by atoms with Gasteiger partial charge in [-0.2, -0.15) is 14.6 Å². The maximum atomic E-state index is 14.4. The molecule has 1 aromatic carbocycles. The molecule has 0 bridgehead atoms. The maximum absolute atomic E-state index is 14.4. The molecule has 0 saturated heterocycles. The molecule has 1 aliphatic rings. The van der Waals surface area contributed by atoms with Gasteiger partial charge in [0.2, 0.25) is 5.95 Å². The number of anilines is 2. The van der Waals surface area contributed by atoms with Crippen LogP contribution in [0.2, 0.25) is 0 Å². The number of hydrazine groups is 1. The second kappa shape index (κ2) is 5.87. The Labute approximate surface area is 155 Å². The quantitative estimate of drug-likeness (QED) is 0.653. The van der Waals surface area contributed by atoms with E-state index in [9.17, 15) is 9.18 Å². The number of pyridine rings is 1. The van der Waals surface area contributed by atoms with Crippen LogP contribution in [0.1, 0.15) is 19.7 Å². The van der Waals surface area contributed by atoms with Crippen molar-refractivity contribution in [2.75, 3.05) is 10.1 Å². The molecular weight excluding hydrogens is 347 g/mol. The first-order chi connectivity index (χ1) is 12.8. The summed E-state index contributed by atoms with van der Waals surface area (Å²) in [5, 5.41) is 8.31. The summed E-state index contributed by atoms with van der Waals surface area (Å²) in [4.78, 5) is 20.7. The van der Waals surface area contributed by atoms with Gasteiger partial charge in [-0.1, -0.05) is 0 Å². The Morgan fingerprint density at radius 3 is 2.70 bits per heavy atom. The van der Waals surface area contributed by atoms with Crippen LogP contribution in [0.4, 0.5) is 15.8 Å². The number of aryl methyl sites for hydroxylation is 1. The number of aromatic nitrogens is 3. The first-order valence-corrected chi connectivity index (χ1v) is 8.53. The number of hydrazone groups is 1. The zero-order chi connectivity index (χ0) is 19.3. The second-order valence-electron chi connectivity index (χ2n) is 7.04. The van der Waals surface area contributed by atoms with Crippen LogP contribution in [0.5, 0.6) is 0 Å². The van der Waals surface area contributed by atoms with Crippen LogP contribution in [0.3, 0.4) is 0 Å². The van der Waals surface area contributed by atoms with Gasteiger partial charge in [0, 0.05) is 13.2 Å².